The molecule has 0 atom stereocenters. The summed E-state index contributed by atoms with van der Waals surface area (Å²) >= 11 is 0. The second-order valence-electron chi connectivity index (χ2n) is 4.63. The lowest BCUT2D eigenvalue weighted by Gasteiger charge is -2.25. The van der Waals surface area contributed by atoms with Crippen molar-refractivity contribution in [2.75, 3.05) is 51.2 Å². The number of hydrogen-bond acceptors (Lipinski definition) is 6. The second kappa shape index (κ2) is 8.18. The average molecular weight is 317 g/mol. The molecule has 0 aliphatic carbocycles. The highest BCUT2D eigenvalue weighted by molar-refractivity contribution is 7.89. The molecule has 0 aliphatic heterocycles. The number of hydrogen-bond donors (Lipinski definition) is 2. The minimum atomic E-state index is -3.79. The first kappa shape index (κ1) is 17.7. The fourth-order valence-electron chi connectivity index (χ4n) is 1.92. The maximum atomic E-state index is 11.5. The summed E-state index contributed by atoms with van der Waals surface area (Å²) in [6.45, 7) is 2.46. The van der Waals surface area contributed by atoms with Crippen LogP contribution in [0.4, 0.5) is 11.4 Å². The van der Waals surface area contributed by atoms with E-state index in [0.29, 0.717) is 37.7 Å². The van der Waals surface area contributed by atoms with Gasteiger partial charge in [-0.15, -0.1) is 0 Å². The molecule has 7 nitrogen and oxygen atoms in total. The van der Waals surface area contributed by atoms with E-state index in [1.807, 2.05) is 4.90 Å². The first-order valence-corrected chi connectivity index (χ1v) is 8.09. The molecule has 21 heavy (non-hydrogen) atoms. The largest absolute Gasteiger partial charge is 0.399 e. The molecular formula is C13H23N3O4S. The lowest BCUT2D eigenvalue weighted by molar-refractivity contribution is 0.191. The number of methoxy groups -OCH3 is 2. The Bertz CT molecular complexity index is 548. The molecule has 0 spiro atoms. The molecule has 0 unspecified atom stereocenters. The molecule has 0 heterocycles. The van der Waals surface area contributed by atoms with Crippen molar-refractivity contribution in [3.8, 4) is 0 Å². The average Bonchev–Trinajstić information content (AvgIpc) is 2.41. The Hall–Kier alpha value is -1.35. The van der Waals surface area contributed by atoms with Gasteiger partial charge in [0.1, 0.15) is 0 Å². The minimum Gasteiger partial charge on any atom is -0.399 e. The van der Waals surface area contributed by atoms with Gasteiger partial charge >= 0.3 is 0 Å². The summed E-state index contributed by atoms with van der Waals surface area (Å²) in [7, 11) is -0.538. The molecule has 4 N–H and O–H groups in total. The van der Waals surface area contributed by atoms with Gasteiger partial charge in [0.2, 0.25) is 10.0 Å². The van der Waals surface area contributed by atoms with Gasteiger partial charge in [0.05, 0.1) is 11.5 Å². The van der Waals surface area contributed by atoms with Crippen LogP contribution in [-0.2, 0) is 19.5 Å². The van der Waals surface area contributed by atoms with Crippen molar-refractivity contribution in [3.63, 3.8) is 0 Å². The van der Waals surface area contributed by atoms with Crippen LogP contribution in [0.15, 0.2) is 23.1 Å². The van der Waals surface area contributed by atoms with Crippen molar-refractivity contribution in [2.45, 2.75) is 11.3 Å². The SMILES string of the molecule is COCCCN(CCOC)c1cc(N)cc(S(N)(=O)=O)c1. The Kier molecular flexibility index (Phi) is 6.90. The number of nitrogens with two attached hydrogens (primary N) is 2. The third-order valence-electron chi connectivity index (χ3n) is 2.95. The summed E-state index contributed by atoms with van der Waals surface area (Å²) in [6, 6.07) is 4.59. The minimum absolute atomic E-state index is 0.00617. The predicted octanol–water partition coefficient (Wildman–Crippen LogP) is 0.406. The van der Waals surface area contributed by atoms with Gasteiger partial charge in [0.15, 0.2) is 0 Å². The second-order valence-corrected chi connectivity index (χ2v) is 6.19. The van der Waals surface area contributed by atoms with Gasteiger partial charge in [-0.1, -0.05) is 0 Å². The zero-order valence-electron chi connectivity index (χ0n) is 12.4. The number of benzene rings is 1. The molecule has 0 saturated carbocycles. The van der Waals surface area contributed by atoms with E-state index in [0.717, 1.165) is 6.42 Å². The fraction of sp³-hybridized carbons (Fsp3) is 0.538. The summed E-state index contributed by atoms with van der Waals surface area (Å²) in [5.41, 5.74) is 6.83. The summed E-state index contributed by atoms with van der Waals surface area (Å²) in [5.74, 6) is 0. The molecule has 1 aromatic carbocycles. The van der Waals surface area contributed by atoms with Gasteiger partial charge < -0.3 is 20.1 Å². The molecule has 0 fully saturated rings. The van der Waals surface area contributed by atoms with Crippen LogP contribution in [-0.4, -0.2) is 48.9 Å². The van der Waals surface area contributed by atoms with Gasteiger partial charge in [-0.3, -0.25) is 0 Å². The molecule has 1 aromatic rings. The van der Waals surface area contributed by atoms with E-state index in [1.54, 1.807) is 20.3 Å². The van der Waals surface area contributed by atoms with Crippen molar-refractivity contribution in [2.24, 2.45) is 5.14 Å². The lowest BCUT2D eigenvalue weighted by Crippen LogP contribution is -2.29. The van der Waals surface area contributed by atoms with Crippen molar-refractivity contribution in [1.82, 2.24) is 0 Å². The zero-order valence-corrected chi connectivity index (χ0v) is 13.2. The number of nitrogen functional groups attached to an aromatic ring is 1. The van der Waals surface area contributed by atoms with E-state index >= 15 is 0 Å². The topological polar surface area (TPSA) is 108 Å². The normalized spacial score (nSPS) is 11.6. The maximum absolute atomic E-state index is 11.5. The number of primary sulfonamides is 1. The van der Waals surface area contributed by atoms with Crippen molar-refractivity contribution < 1.29 is 17.9 Å². The Balaban J connectivity index is 3.02. The maximum Gasteiger partial charge on any atom is 0.238 e. The van der Waals surface area contributed by atoms with Crippen molar-refractivity contribution in [3.05, 3.63) is 18.2 Å². The van der Waals surface area contributed by atoms with Crippen LogP contribution in [0.25, 0.3) is 0 Å². The summed E-state index contributed by atoms with van der Waals surface area (Å²) < 4.78 is 33.1. The molecule has 120 valence electrons. The third-order valence-corrected chi connectivity index (χ3v) is 3.84. The van der Waals surface area contributed by atoms with Crippen molar-refractivity contribution in [1.29, 1.82) is 0 Å². The predicted molar refractivity (Wildman–Crippen MR) is 82.8 cm³/mol. The van der Waals surface area contributed by atoms with E-state index < -0.39 is 10.0 Å². The molecule has 0 saturated heterocycles. The van der Waals surface area contributed by atoms with E-state index in [-0.39, 0.29) is 4.90 Å². The van der Waals surface area contributed by atoms with E-state index in [1.165, 1.54) is 12.1 Å². The standard InChI is InChI=1S/C13H23N3O4S/c1-19-6-3-4-16(5-7-20-2)12-8-11(14)9-13(10-12)21(15,17)18/h8-10H,3-7,14H2,1-2H3,(H2,15,17,18). The Labute approximate surface area is 125 Å². The van der Waals surface area contributed by atoms with Gasteiger partial charge in [-0.2, -0.15) is 0 Å². The van der Waals surface area contributed by atoms with Crippen LogP contribution >= 0.6 is 0 Å². The Morgan fingerprint density at radius 1 is 1.10 bits per heavy atom. The summed E-state index contributed by atoms with van der Waals surface area (Å²) in [5, 5.41) is 5.17. The highest BCUT2D eigenvalue weighted by Crippen LogP contribution is 2.23. The third kappa shape index (κ3) is 5.88. The van der Waals surface area contributed by atoms with Crippen LogP contribution < -0.4 is 15.8 Å². The molecule has 0 amide bonds. The Morgan fingerprint density at radius 3 is 2.33 bits per heavy atom. The number of rotatable bonds is 9. The van der Waals surface area contributed by atoms with E-state index in [9.17, 15) is 8.42 Å². The smallest absolute Gasteiger partial charge is 0.238 e. The highest BCUT2D eigenvalue weighted by atomic mass is 32.2. The van der Waals surface area contributed by atoms with Gasteiger partial charge in [0.25, 0.3) is 0 Å². The quantitative estimate of drug-likeness (QED) is 0.504. The van der Waals surface area contributed by atoms with E-state index in [4.69, 9.17) is 20.3 Å². The van der Waals surface area contributed by atoms with Gasteiger partial charge in [0, 0.05) is 45.3 Å². The van der Waals surface area contributed by atoms with Crippen molar-refractivity contribution >= 4 is 21.4 Å². The summed E-state index contributed by atoms with van der Waals surface area (Å²) in [4.78, 5) is 2.00. The van der Waals surface area contributed by atoms with Gasteiger partial charge in [-0.05, 0) is 24.6 Å². The molecule has 0 bridgehead atoms. The monoisotopic (exact) mass is 317 g/mol. The van der Waals surface area contributed by atoms with Gasteiger partial charge in [-0.25, -0.2) is 13.6 Å². The molecule has 1 rings (SSSR count). The van der Waals surface area contributed by atoms with Crippen LogP contribution in [0.2, 0.25) is 0 Å². The lowest BCUT2D eigenvalue weighted by atomic mass is 10.2. The Morgan fingerprint density at radius 2 is 1.76 bits per heavy atom. The first-order chi connectivity index (χ1) is 9.88. The van der Waals surface area contributed by atoms with Crippen LogP contribution in [0, 0.1) is 0 Å². The molecular weight excluding hydrogens is 294 g/mol. The number of ether oxygens (including phenoxy) is 2. The number of nitrogens with zero attached hydrogens (tertiary/aromatic N) is 1. The van der Waals surface area contributed by atoms with Crippen LogP contribution in [0.3, 0.4) is 0 Å². The summed E-state index contributed by atoms with van der Waals surface area (Å²) in [6.07, 6.45) is 0.805. The molecule has 0 aromatic heterocycles. The molecule has 0 radical (unpaired) electrons. The van der Waals surface area contributed by atoms with Crippen LogP contribution in [0.5, 0.6) is 0 Å². The first-order valence-electron chi connectivity index (χ1n) is 6.54. The molecule has 8 heteroatoms. The number of sulfonamides is 1. The molecule has 0 aliphatic rings. The number of anilines is 2. The highest BCUT2D eigenvalue weighted by Gasteiger charge is 2.13. The fourth-order valence-corrected chi connectivity index (χ4v) is 2.51. The van der Waals surface area contributed by atoms with E-state index in [2.05, 4.69) is 0 Å². The van der Waals surface area contributed by atoms with Crippen LogP contribution in [0.1, 0.15) is 6.42 Å². The zero-order chi connectivity index (χ0) is 15.9.